The minimum atomic E-state index is -0.574. The third-order valence-corrected chi connectivity index (χ3v) is 2.53. The Bertz CT molecular complexity index is 378. The molecule has 2 heterocycles. The number of rotatable bonds is 1. The Morgan fingerprint density at radius 3 is 2.71 bits per heavy atom. The van der Waals surface area contributed by atoms with Crippen molar-refractivity contribution in [2.45, 2.75) is 32.3 Å². The number of carbonyl (C=O) groups excluding carboxylic acids is 1. The van der Waals surface area contributed by atoms with E-state index in [9.17, 15) is 4.79 Å². The van der Waals surface area contributed by atoms with Gasteiger partial charge in [-0.05, 0) is 13.8 Å². The van der Waals surface area contributed by atoms with Gasteiger partial charge in [0.15, 0.2) is 5.60 Å². The highest BCUT2D eigenvalue weighted by Crippen LogP contribution is 2.35. The van der Waals surface area contributed by atoms with Gasteiger partial charge in [0.05, 0.1) is 5.69 Å². The first-order valence-electron chi connectivity index (χ1n) is 4.62. The normalized spacial score (nSPS) is 26.3. The summed E-state index contributed by atoms with van der Waals surface area (Å²) in [6.07, 6.45) is 4.41. The second kappa shape index (κ2) is 3.04. The van der Waals surface area contributed by atoms with Gasteiger partial charge in [-0.25, -0.2) is 0 Å². The van der Waals surface area contributed by atoms with E-state index < -0.39 is 5.60 Å². The van der Waals surface area contributed by atoms with Crippen LogP contribution in [0.3, 0.4) is 0 Å². The van der Waals surface area contributed by atoms with Gasteiger partial charge in [0.1, 0.15) is 5.69 Å². The van der Waals surface area contributed by atoms with Crippen LogP contribution in [0.1, 0.15) is 31.2 Å². The Balaban J connectivity index is 2.40. The minimum Gasteiger partial charge on any atom is -0.453 e. The molecule has 1 aliphatic rings. The highest BCUT2D eigenvalue weighted by atomic mass is 16.6. The lowest BCUT2D eigenvalue weighted by atomic mass is 9.97. The molecule has 2 rings (SSSR count). The summed E-state index contributed by atoms with van der Waals surface area (Å²) >= 11 is 0. The Morgan fingerprint density at radius 1 is 1.43 bits per heavy atom. The number of cyclic esters (lactones) is 1. The van der Waals surface area contributed by atoms with Gasteiger partial charge < -0.3 is 4.74 Å². The van der Waals surface area contributed by atoms with Crippen molar-refractivity contribution >= 4 is 5.97 Å². The molecule has 0 aliphatic carbocycles. The molecule has 0 bridgehead atoms. The molecule has 0 aromatic carbocycles. The standard InChI is InChI=1S/C10H12N2O2/c1-7-9(12-6-5-11-7)10(2)4-3-8(13)14-10/h5-6H,3-4H2,1-2H3. The lowest BCUT2D eigenvalue weighted by Crippen LogP contribution is -2.24. The molecule has 74 valence electrons. The predicted octanol–water partition coefficient (Wildman–Crippen LogP) is 1.34. The van der Waals surface area contributed by atoms with E-state index >= 15 is 0 Å². The molecule has 1 atom stereocenters. The molecule has 1 fully saturated rings. The number of aryl methyl sites for hydroxylation is 1. The zero-order valence-corrected chi connectivity index (χ0v) is 8.28. The molecule has 4 nitrogen and oxygen atoms in total. The molecule has 0 spiro atoms. The number of hydrogen-bond donors (Lipinski definition) is 0. The predicted molar refractivity (Wildman–Crippen MR) is 49.4 cm³/mol. The number of hydrogen-bond acceptors (Lipinski definition) is 4. The molecule has 0 radical (unpaired) electrons. The van der Waals surface area contributed by atoms with E-state index in [2.05, 4.69) is 9.97 Å². The summed E-state index contributed by atoms with van der Waals surface area (Å²) in [5.74, 6) is -0.155. The smallest absolute Gasteiger partial charge is 0.306 e. The fourth-order valence-electron chi connectivity index (χ4n) is 1.79. The van der Waals surface area contributed by atoms with Crippen molar-refractivity contribution in [2.75, 3.05) is 0 Å². The van der Waals surface area contributed by atoms with Crippen LogP contribution in [0.5, 0.6) is 0 Å². The average Bonchev–Trinajstić information content (AvgIpc) is 2.48. The summed E-state index contributed by atoms with van der Waals surface area (Å²) in [6.45, 7) is 3.76. The summed E-state index contributed by atoms with van der Waals surface area (Å²) < 4.78 is 5.27. The van der Waals surface area contributed by atoms with E-state index in [1.165, 1.54) is 0 Å². The van der Waals surface area contributed by atoms with Crippen LogP contribution >= 0.6 is 0 Å². The molecule has 14 heavy (non-hydrogen) atoms. The van der Waals surface area contributed by atoms with Crippen molar-refractivity contribution in [2.24, 2.45) is 0 Å². The van der Waals surface area contributed by atoms with Gasteiger partial charge in [-0.1, -0.05) is 0 Å². The van der Waals surface area contributed by atoms with Crippen molar-refractivity contribution in [1.29, 1.82) is 0 Å². The van der Waals surface area contributed by atoms with Gasteiger partial charge >= 0.3 is 5.97 Å². The number of esters is 1. The first kappa shape index (κ1) is 9.12. The third kappa shape index (κ3) is 1.36. The third-order valence-electron chi connectivity index (χ3n) is 2.53. The van der Waals surface area contributed by atoms with Gasteiger partial charge in [0.2, 0.25) is 0 Å². The van der Waals surface area contributed by atoms with Crippen molar-refractivity contribution in [3.05, 3.63) is 23.8 Å². The maximum Gasteiger partial charge on any atom is 0.306 e. The number of nitrogens with zero attached hydrogens (tertiary/aromatic N) is 2. The van der Waals surface area contributed by atoms with Crippen molar-refractivity contribution in [3.8, 4) is 0 Å². The maximum atomic E-state index is 11.1. The summed E-state index contributed by atoms with van der Waals surface area (Å²) in [4.78, 5) is 19.4. The number of aromatic nitrogens is 2. The molecule has 0 saturated carbocycles. The van der Waals surface area contributed by atoms with E-state index in [0.717, 1.165) is 11.4 Å². The topological polar surface area (TPSA) is 52.1 Å². The van der Waals surface area contributed by atoms with Gasteiger partial charge in [-0.15, -0.1) is 0 Å². The molecule has 1 aromatic heterocycles. The summed E-state index contributed by atoms with van der Waals surface area (Å²) in [5.41, 5.74) is 1.02. The fourth-order valence-corrected chi connectivity index (χ4v) is 1.79. The monoisotopic (exact) mass is 192 g/mol. The Kier molecular flexibility index (Phi) is 1.98. The molecule has 1 aliphatic heterocycles. The van der Waals surface area contributed by atoms with Crippen molar-refractivity contribution < 1.29 is 9.53 Å². The van der Waals surface area contributed by atoms with Crippen LogP contribution in [-0.2, 0) is 15.1 Å². The summed E-state index contributed by atoms with van der Waals surface area (Å²) in [7, 11) is 0. The first-order chi connectivity index (χ1) is 6.62. The highest BCUT2D eigenvalue weighted by Gasteiger charge is 2.39. The van der Waals surface area contributed by atoms with Crippen LogP contribution in [0.25, 0.3) is 0 Å². The van der Waals surface area contributed by atoms with Crippen LogP contribution < -0.4 is 0 Å². The van der Waals surface area contributed by atoms with Gasteiger partial charge in [0.25, 0.3) is 0 Å². The van der Waals surface area contributed by atoms with E-state index in [1.54, 1.807) is 12.4 Å². The molecule has 1 aromatic rings. The Labute approximate surface area is 82.3 Å². The molecule has 1 saturated heterocycles. The molecule has 1 unspecified atom stereocenters. The number of carbonyl (C=O) groups is 1. The van der Waals surface area contributed by atoms with Crippen LogP contribution in [0.4, 0.5) is 0 Å². The van der Waals surface area contributed by atoms with Crippen LogP contribution in [0.2, 0.25) is 0 Å². The number of ether oxygens (including phenoxy) is 1. The second-order valence-electron chi connectivity index (χ2n) is 3.70. The second-order valence-corrected chi connectivity index (χ2v) is 3.70. The lowest BCUT2D eigenvalue weighted by molar-refractivity contribution is -0.148. The largest absolute Gasteiger partial charge is 0.453 e. The van der Waals surface area contributed by atoms with Crippen molar-refractivity contribution in [1.82, 2.24) is 9.97 Å². The zero-order valence-electron chi connectivity index (χ0n) is 8.28. The molecule has 4 heteroatoms. The van der Waals surface area contributed by atoms with Crippen LogP contribution in [-0.4, -0.2) is 15.9 Å². The quantitative estimate of drug-likeness (QED) is 0.630. The molecule has 0 N–H and O–H groups in total. The Hall–Kier alpha value is -1.45. The van der Waals surface area contributed by atoms with E-state index in [1.807, 2.05) is 13.8 Å². The fraction of sp³-hybridized carbons (Fsp3) is 0.500. The van der Waals surface area contributed by atoms with E-state index in [0.29, 0.717) is 12.8 Å². The zero-order chi connectivity index (χ0) is 10.2. The summed E-state index contributed by atoms with van der Waals surface area (Å²) in [5, 5.41) is 0. The first-order valence-corrected chi connectivity index (χ1v) is 4.62. The van der Waals surface area contributed by atoms with Crippen LogP contribution in [0.15, 0.2) is 12.4 Å². The lowest BCUT2D eigenvalue weighted by Gasteiger charge is -2.22. The van der Waals surface area contributed by atoms with Crippen molar-refractivity contribution in [3.63, 3.8) is 0 Å². The molecule has 0 amide bonds. The van der Waals surface area contributed by atoms with Gasteiger partial charge in [0, 0.05) is 25.2 Å². The van der Waals surface area contributed by atoms with E-state index in [-0.39, 0.29) is 5.97 Å². The average molecular weight is 192 g/mol. The molecular weight excluding hydrogens is 180 g/mol. The molecular formula is C10H12N2O2. The Morgan fingerprint density at radius 2 is 2.14 bits per heavy atom. The minimum absolute atomic E-state index is 0.155. The van der Waals surface area contributed by atoms with Gasteiger partial charge in [-0.2, -0.15) is 0 Å². The van der Waals surface area contributed by atoms with E-state index in [4.69, 9.17) is 4.74 Å². The maximum absolute atomic E-state index is 11.1. The van der Waals surface area contributed by atoms with Gasteiger partial charge in [-0.3, -0.25) is 14.8 Å². The highest BCUT2D eigenvalue weighted by molar-refractivity contribution is 5.72. The SMILES string of the molecule is Cc1nccnc1C1(C)CCC(=O)O1. The summed E-state index contributed by atoms with van der Waals surface area (Å²) in [6, 6.07) is 0. The van der Waals surface area contributed by atoms with Crippen LogP contribution in [0, 0.1) is 6.92 Å².